The third-order valence-corrected chi connectivity index (χ3v) is 2.65. The second-order valence-electron chi connectivity index (χ2n) is 3.48. The molecular weight excluding hydrogens is 167 g/mol. The van der Waals surface area contributed by atoms with Crippen molar-refractivity contribution in [2.75, 3.05) is 0 Å². The van der Waals surface area contributed by atoms with E-state index in [2.05, 4.69) is 0 Å². The number of rotatable bonds is 2. The second kappa shape index (κ2) is 2.55. The summed E-state index contributed by atoms with van der Waals surface area (Å²) >= 11 is 0. The normalized spacial score (nSPS) is 18.2. The van der Waals surface area contributed by atoms with Crippen molar-refractivity contribution in [2.45, 2.75) is 18.3 Å². The predicted octanol–water partition coefficient (Wildman–Crippen LogP) is 1.79. The quantitative estimate of drug-likeness (QED) is 0.526. The molecular formula is C10H11FN2. The molecule has 0 radical (unpaired) electrons. The van der Waals surface area contributed by atoms with Gasteiger partial charge in [0.1, 0.15) is 11.7 Å². The van der Waals surface area contributed by atoms with Gasteiger partial charge in [-0.3, -0.25) is 5.41 Å². The van der Waals surface area contributed by atoms with Crippen LogP contribution in [0.4, 0.5) is 4.39 Å². The van der Waals surface area contributed by atoms with Crippen molar-refractivity contribution >= 4 is 5.84 Å². The van der Waals surface area contributed by atoms with E-state index >= 15 is 0 Å². The minimum Gasteiger partial charge on any atom is -0.387 e. The number of nitrogens with two attached hydrogens (primary N) is 1. The van der Waals surface area contributed by atoms with Crippen LogP contribution in [-0.2, 0) is 5.41 Å². The highest BCUT2D eigenvalue weighted by Crippen LogP contribution is 2.48. The first-order valence-corrected chi connectivity index (χ1v) is 4.26. The van der Waals surface area contributed by atoms with E-state index < -0.39 is 5.41 Å². The van der Waals surface area contributed by atoms with Gasteiger partial charge in [0.15, 0.2) is 0 Å². The van der Waals surface area contributed by atoms with Gasteiger partial charge in [0.05, 0.1) is 5.41 Å². The maximum absolute atomic E-state index is 13.3. The van der Waals surface area contributed by atoms with Crippen molar-refractivity contribution in [3.63, 3.8) is 0 Å². The summed E-state index contributed by atoms with van der Waals surface area (Å²) in [6.07, 6.45) is 1.59. The first-order chi connectivity index (χ1) is 6.17. The van der Waals surface area contributed by atoms with Crippen LogP contribution < -0.4 is 5.73 Å². The largest absolute Gasteiger partial charge is 0.387 e. The fraction of sp³-hybridized carbons (Fsp3) is 0.300. The molecule has 1 aromatic carbocycles. The molecule has 1 fully saturated rings. The van der Waals surface area contributed by atoms with Gasteiger partial charge in [-0.25, -0.2) is 4.39 Å². The van der Waals surface area contributed by atoms with Gasteiger partial charge >= 0.3 is 0 Å². The van der Waals surface area contributed by atoms with Crippen LogP contribution in [0.3, 0.4) is 0 Å². The van der Waals surface area contributed by atoms with Crippen LogP contribution in [0.1, 0.15) is 18.4 Å². The number of hydrogen-bond donors (Lipinski definition) is 2. The highest BCUT2D eigenvalue weighted by Gasteiger charge is 2.48. The molecule has 1 aliphatic carbocycles. The standard InChI is InChI=1S/C10H11FN2/c11-8-4-2-1-3-7(8)10(5-6-10)9(12)13/h1-4H,5-6H2,(H3,12,13). The Balaban J connectivity index is 2.47. The van der Waals surface area contributed by atoms with Gasteiger partial charge in [-0.05, 0) is 18.9 Å². The zero-order chi connectivity index (χ0) is 9.47. The van der Waals surface area contributed by atoms with Crippen molar-refractivity contribution in [3.05, 3.63) is 35.6 Å². The summed E-state index contributed by atoms with van der Waals surface area (Å²) in [5, 5.41) is 7.40. The zero-order valence-electron chi connectivity index (χ0n) is 7.18. The molecule has 3 heteroatoms. The van der Waals surface area contributed by atoms with Crippen LogP contribution in [0.5, 0.6) is 0 Å². The minimum atomic E-state index is -0.481. The number of hydrogen-bond acceptors (Lipinski definition) is 1. The smallest absolute Gasteiger partial charge is 0.127 e. The fourth-order valence-corrected chi connectivity index (χ4v) is 1.66. The Morgan fingerprint density at radius 3 is 2.46 bits per heavy atom. The van der Waals surface area contributed by atoms with Crippen LogP contribution in [0.25, 0.3) is 0 Å². The van der Waals surface area contributed by atoms with Gasteiger partial charge < -0.3 is 5.73 Å². The molecule has 1 saturated carbocycles. The lowest BCUT2D eigenvalue weighted by atomic mass is 9.94. The third-order valence-electron chi connectivity index (χ3n) is 2.65. The molecule has 2 nitrogen and oxygen atoms in total. The average molecular weight is 178 g/mol. The molecule has 0 atom stereocenters. The molecule has 0 saturated heterocycles. The molecule has 2 rings (SSSR count). The zero-order valence-corrected chi connectivity index (χ0v) is 7.18. The van der Waals surface area contributed by atoms with E-state index in [9.17, 15) is 4.39 Å². The van der Waals surface area contributed by atoms with E-state index in [0.29, 0.717) is 5.56 Å². The average Bonchev–Trinajstić information content (AvgIpc) is 2.85. The monoisotopic (exact) mass is 178 g/mol. The molecule has 3 N–H and O–H groups in total. The highest BCUT2D eigenvalue weighted by atomic mass is 19.1. The lowest BCUT2D eigenvalue weighted by Gasteiger charge is -2.13. The SMILES string of the molecule is N=C(N)C1(c2ccccc2F)CC1. The van der Waals surface area contributed by atoms with Gasteiger partial charge in [0.2, 0.25) is 0 Å². The summed E-state index contributed by atoms with van der Waals surface area (Å²) < 4.78 is 13.3. The summed E-state index contributed by atoms with van der Waals surface area (Å²) in [7, 11) is 0. The Bertz CT molecular complexity index is 356. The first-order valence-electron chi connectivity index (χ1n) is 4.26. The van der Waals surface area contributed by atoms with Gasteiger partial charge in [-0.2, -0.15) is 0 Å². The van der Waals surface area contributed by atoms with Gasteiger partial charge in [0, 0.05) is 5.56 Å². The van der Waals surface area contributed by atoms with E-state index in [1.54, 1.807) is 18.2 Å². The number of amidine groups is 1. The predicted molar refractivity (Wildman–Crippen MR) is 49.2 cm³/mol. The number of halogens is 1. The lowest BCUT2D eigenvalue weighted by Crippen LogP contribution is -2.28. The summed E-state index contributed by atoms with van der Waals surface area (Å²) in [4.78, 5) is 0. The van der Waals surface area contributed by atoms with Crippen LogP contribution >= 0.6 is 0 Å². The van der Waals surface area contributed by atoms with Gasteiger partial charge in [-0.15, -0.1) is 0 Å². The summed E-state index contributed by atoms with van der Waals surface area (Å²) in [5.74, 6) is -0.173. The van der Waals surface area contributed by atoms with Crippen LogP contribution in [0.15, 0.2) is 24.3 Å². The molecule has 0 heterocycles. The van der Waals surface area contributed by atoms with Crippen molar-refractivity contribution in [2.24, 2.45) is 5.73 Å². The Morgan fingerprint density at radius 2 is 2.00 bits per heavy atom. The molecule has 0 aliphatic heterocycles. The van der Waals surface area contributed by atoms with E-state index in [-0.39, 0.29) is 11.7 Å². The van der Waals surface area contributed by atoms with Gasteiger partial charge in [-0.1, -0.05) is 18.2 Å². The van der Waals surface area contributed by atoms with Crippen molar-refractivity contribution < 1.29 is 4.39 Å². The fourth-order valence-electron chi connectivity index (χ4n) is 1.66. The molecule has 0 unspecified atom stereocenters. The summed E-state index contributed by atoms with van der Waals surface area (Å²) in [6.45, 7) is 0. The van der Waals surface area contributed by atoms with Crippen molar-refractivity contribution in [1.82, 2.24) is 0 Å². The summed E-state index contributed by atoms with van der Waals surface area (Å²) in [5.41, 5.74) is 5.54. The molecule has 1 aromatic rings. The highest BCUT2D eigenvalue weighted by molar-refractivity contribution is 5.92. The molecule has 68 valence electrons. The van der Waals surface area contributed by atoms with Crippen LogP contribution in [0.2, 0.25) is 0 Å². The van der Waals surface area contributed by atoms with Crippen LogP contribution in [0, 0.1) is 11.2 Å². The molecule has 0 bridgehead atoms. The Labute approximate surface area is 76.1 Å². The lowest BCUT2D eigenvalue weighted by molar-refractivity contribution is 0.601. The van der Waals surface area contributed by atoms with E-state index in [1.165, 1.54) is 6.07 Å². The minimum absolute atomic E-state index is 0.0811. The van der Waals surface area contributed by atoms with Crippen LogP contribution in [-0.4, -0.2) is 5.84 Å². The molecule has 0 amide bonds. The molecule has 0 aromatic heterocycles. The van der Waals surface area contributed by atoms with Crippen molar-refractivity contribution in [3.8, 4) is 0 Å². The topological polar surface area (TPSA) is 49.9 Å². The summed E-state index contributed by atoms with van der Waals surface area (Å²) in [6, 6.07) is 6.55. The number of nitrogens with one attached hydrogen (secondary N) is 1. The van der Waals surface area contributed by atoms with E-state index in [4.69, 9.17) is 11.1 Å². The number of benzene rings is 1. The van der Waals surface area contributed by atoms with Crippen molar-refractivity contribution in [1.29, 1.82) is 5.41 Å². The van der Waals surface area contributed by atoms with E-state index in [0.717, 1.165) is 12.8 Å². The van der Waals surface area contributed by atoms with Gasteiger partial charge in [0.25, 0.3) is 0 Å². The third kappa shape index (κ3) is 1.11. The van der Waals surface area contributed by atoms with E-state index in [1.807, 2.05) is 0 Å². The Hall–Kier alpha value is -1.38. The molecule has 13 heavy (non-hydrogen) atoms. The maximum Gasteiger partial charge on any atom is 0.127 e. The second-order valence-corrected chi connectivity index (χ2v) is 3.48. The molecule has 1 aliphatic rings. The molecule has 0 spiro atoms. The first kappa shape index (κ1) is 8.23. The Kier molecular flexibility index (Phi) is 1.62. The maximum atomic E-state index is 13.3. The Morgan fingerprint density at radius 1 is 1.38 bits per heavy atom.